The van der Waals surface area contributed by atoms with Crippen LogP contribution in [0.3, 0.4) is 0 Å². The molecule has 0 saturated carbocycles. The maximum Gasteiger partial charge on any atom is 0.255 e. The molecule has 0 fully saturated rings. The normalized spacial score (nSPS) is 10.5. The average Bonchev–Trinajstić information content (AvgIpc) is 2.50. The zero-order valence-electron chi connectivity index (χ0n) is 13.3. The first-order valence-corrected chi connectivity index (χ1v) is 7.73. The van der Waals surface area contributed by atoms with Gasteiger partial charge in [0.2, 0.25) is 0 Å². The number of hydrogen-bond donors (Lipinski definition) is 2. The Balaban J connectivity index is 2.16. The van der Waals surface area contributed by atoms with Gasteiger partial charge in [-0.2, -0.15) is 0 Å². The van der Waals surface area contributed by atoms with Crippen LogP contribution in [0.1, 0.15) is 40.1 Å². The summed E-state index contributed by atoms with van der Waals surface area (Å²) >= 11 is 6.05. The Hall–Kier alpha value is -2.33. The van der Waals surface area contributed by atoms with Gasteiger partial charge in [-0.25, -0.2) is 0 Å². The zero-order valence-corrected chi connectivity index (χ0v) is 14.1. The number of anilines is 1. The minimum absolute atomic E-state index is 0.0367. The van der Waals surface area contributed by atoms with Gasteiger partial charge in [0.25, 0.3) is 11.8 Å². The minimum atomic E-state index is -0.288. The van der Waals surface area contributed by atoms with Gasteiger partial charge in [-0.05, 0) is 56.7 Å². The van der Waals surface area contributed by atoms with Crippen LogP contribution in [0.25, 0.3) is 0 Å². The third kappa shape index (κ3) is 4.57. The van der Waals surface area contributed by atoms with E-state index in [1.54, 1.807) is 36.4 Å². The standard InChI is InChI=1S/C18H19ClN2O2/c1-11(2)20-17(22)13-5-4-6-14(9-13)18(23)21-15-8-7-12(3)16(19)10-15/h4-11H,1-3H3,(H,20,22)(H,21,23). The van der Waals surface area contributed by atoms with E-state index >= 15 is 0 Å². The summed E-state index contributed by atoms with van der Waals surface area (Å²) in [6, 6.07) is 12.0. The molecule has 0 bridgehead atoms. The van der Waals surface area contributed by atoms with E-state index in [4.69, 9.17) is 11.6 Å². The van der Waals surface area contributed by atoms with Crippen molar-refractivity contribution in [3.8, 4) is 0 Å². The van der Waals surface area contributed by atoms with Gasteiger partial charge in [0, 0.05) is 27.9 Å². The third-order valence-corrected chi connectivity index (χ3v) is 3.64. The summed E-state index contributed by atoms with van der Waals surface area (Å²) in [6.45, 7) is 5.66. The summed E-state index contributed by atoms with van der Waals surface area (Å²) in [4.78, 5) is 24.3. The topological polar surface area (TPSA) is 58.2 Å². The number of carbonyl (C=O) groups is 2. The Morgan fingerprint density at radius 2 is 1.65 bits per heavy atom. The number of halogens is 1. The summed E-state index contributed by atoms with van der Waals surface area (Å²) < 4.78 is 0. The van der Waals surface area contributed by atoms with Crippen LogP contribution in [-0.4, -0.2) is 17.9 Å². The lowest BCUT2D eigenvalue weighted by Crippen LogP contribution is -2.30. The molecule has 2 rings (SSSR count). The largest absolute Gasteiger partial charge is 0.350 e. The first-order valence-electron chi connectivity index (χ1n) is 7.35. The van der Waals surface area contributed by atoms with Gasteiger partial charge >= 0.3 is 0 Å². The maximum atomic E-state index is 12.3. The monoisotopic (exact) mass is 330 g/mol. The van der Waals surface area contributed by atoms with E-state index in [-0.39, 0.29) is 17.9 Å². The van der Waals surface area contributed by atoms with Crippen LogP contribution >= 0.6 is 11.6 Å². The fraction of sp³-hybridized carbons (Fsp3) is 0.222. The molecule has 2 amide bonds. The number of aryl methyl sites for hydroxylation is 1. The van der Waals surface area contributed by atoms with Crippen molar-refractivity contribution in [2.24, 2.45) is 0 Å². The van der Waals surface area contributed by atoms with Gasteiger partial charge in [-0.15, -0.1) is 0 Å². The SMILES string of the molecule is Cc1ccc(NC(=O)c2cccc(C(=O)NC(C)C)c2)cc1Cl. The Kier molecular flexibility index (Phi) is 5.40. The van der Waals surface area contributed by atoms with E-state index in [0.717, 1.165) is 5.56 Å². The number of nitrogens with one attached hydrogen (secondary N) is 2. The van der Waals surface area contributed by atoms with Crippen molar-refractivity contribution in [2.45, 2.75) is 26.8 Å². The summed E-state index contributed by atoms with van der Waals surface area (Å²) in [6.07, 6.45) is 0. The molecule has 0 aliphatic rings. The first kappa shape index (κ1) is 17.0. The quantitative estimate of drug-likeness (QED) is 0.888. The van der Waals surface area contributed by atoms with Crippen LogP contribution < -0.4 is 10.6 Å². The molecular formula is C18H19ClN2O2. The fourth-order valence-corrected chi connectivity index (χ4v) is 2.20. The Bertz CT molecular complexity index is 742. The molecule has 4 nitrogen and oxygen atoms in total. The van der Waals surface area contributed by atoms with Crippen molar-refractivity contribution in [2.75, 3.05) is 5.32 Å². The lowest BCUT2D eigenvalue weighted by atomic mass is 10.1. The molecular weight excluding hydrogens is 312 g/mol. The van der Waals surface area contributed by atoms with Crippen LogP contribution in [-0.2, 0) is 0 Å². The van der Waals surface area contributed by atoms with Crippen molar-refractivity contribution < 1.29 is 9.59 Å². The second kappa shape index (κ2) is 7.29. The molecule has 0 spiro atoms. The van der Waals surface area contributed by atoms with Gasteiger partial charge in [0.1, 0.15) is 0 Å². The Morgan fingerprint density at radius 3 is 2.26 bits per heavy atom. The van der Waals surface area contributed by atoms with E-state index in [1.807, 2.05) is 26.8 Å². The Morgan fingerprint density at radius 1 is 1.00 bits per heavy atom. The van der Waals surface area contributed by atoms with E-state index in [2.05, 4.69) is 10.6 Å². The van der Waals surface area contributed by atoms with E-state index < -0.39 is 0 Å². The highest BCUT2D eigenvalue weighted by Crippen LogP contribution is 2.20. The lowest BCUT2D eigenvalue weighted by Gasteiger charge is -2.10. The molecule has 0 aliphatic heterocycles. The van der Waals surface area contributed by atoms with E-state index in [1.165, 1.54) is 0 Å². The fourth-order valence-electron chi connectivity index (χ4n) is 2.02. The van der Waals surface area contributed by atoms with Gasteiger partial charge < -0.3 is 10.6 Å². The zero-order chi connectivity index (χ0) is 17.0. The van der Waals surface area contributed by atoms with Crippen molar-refractivity contribution in [3.05, 3.63) is 64.2 Å². The minimum Gasteiger partial charge on any atom is -0.350 e. The molecule has 2 N–H and O–H groups in total. The molecule has 0 unspecified atom stereocenters. The van der Waals surface area contributed by atoms with E-state index in [0.29, 0.717) is 21.8 Å². The second-order valence-corrected chi connectivity index (χ2v) is 6.03. The summed E-state index contributed by atoms with van der Waals surface area (Å²) in [7, 11) is 0. The first-order chi connectivity index (χ1) is 10.9. The molecule has 0 aromatic heterocycles. The Labute approximate surface area is 140 Å². The second-order valence-electron chi connectivity index (χ2n) is 5.63. The third-order valence-electron chi connectivity index (χ3n) is 3.24. The number of hydrogen-bond acceptors (Lipinski definition) is 2. The number of amides is 2. The molecule has 2 aromatic rings. The molecule has 2 aromatic carbocycles. The number of benzene rings is 2. The molecule has 0 radical (unpaired) electrons. The maximum absolute atomic E-state index is 12.3. The molecule has 0 atom stereocenters. The summed E-state index contributed by atoms with van der Waals surface area (Å²) in [5.41, 5.74) is 2.42. The van der Waals surface area contributed by atoms with Gasteiger partial charge in [0.05, 0.1) is 0 Å². The molecule has 0 aliphatic carbocycles. The number of carbonyl (C=O) groups excluding carboxylic acids is 2. The van der Waals surface area contributed by atoms with Crippen molar-refractivity contribution in [3.63, 3.8) is 0 Å². The number of rotatable bonds is 4. The molecule has 23 heavy (non-hydrogen) atoms. The highest BCUT2D eigenvalue weighted by molar-refractivity contribution is 6.31. The molecule has 5 heteroatoms. The average molecular weight is 331 g/mol. The molecule has 120 valence electrons. The van der Waals surface area contributed by atoms with Crippen LogP contribution in [0.5, 0.6) is 0 Å². The van der Waals surface area contributed by atoms with Crippen molar-refractivity contribution >= 4 is 29.1 Å². The predicted octanol–water partition coefficient (Wildman–Crippen LogP) is 4.04. The molecule has 0 saturated heterocycles. The van der Waals surface area contributed by atoms with Crippen LogP contribution in [0.15, 0.2) is 42.5 Å². The van der Waals surface area contributed by atoms with Crippen LogP contribution in [0.2, 0.25) is 5.02 Å². The predicted molar refractivity (Wildman–Crippen MR) is 93.2 cm³/mol. The highest BCUT2D eigenvalue weighted by atomic mass is 35.5. The van der Waals surface area contributed by atoms with Crippen molar-refractivity contribution in [1.82, 2.24) is 5.32 Å². The van der Waals surface area contributed by atoms with Gasteiger partial charge in [-0.1, -0.05) is 23.7 Å². The highest BCUT2D eigenvalue weighted by Gasteiger charge is 2.11. The summed E-state index contributed by atoms with van der Waals surface area (Å²) in [5, 5.41) is 6.17. The van der Waals surface area contributed by atoms with Crippen LogP contribution in [0.4, 0.5) is 5.69 Å². The van der Waals surface area contributed by atoms with E-state index in [9.17, 15) is 9.59 Å². The molecule has 0 heterocycles. The van der Waals surface area contributed by atoms with Crippen LogP contribution in [0, 0.1) is 6.92 Å². The van der Waals surface area contributed by atoms with Gasteiger partial charge in [-0.3, -0.25) is 9.59 Å². The summed E-state index contributed by atoms with van der Waals surface area (Å²) in [5.74, 6) is -0.489. The smallest absolute Gasteiger partial charge is 0.255 e. The van der Waals surface area contributed by atoms with Crippen molar-refractivity contribution in [1.29, 1.82) is 0 Å². The van der Waals surface area contributed by atoms with Gasteiger partial charge in [0.15, 0.2) is 0 Å². The lowest BCUT2D eigenvalue weighted by molar-refractivity contribution is 0.0943.